The minimum absolute atomic E-state index is 0.0300. The van der Waals surface area contributed by atoms with Gasteiger partial charge in [0.15, 0.2) is 5.65 Å². The maximum absolute atomic E-state index is 13.1. The van der Waals surface area contributed by atoms with Gasteiger partial charge in [-0.3, -0.25) is 19.4 Å². The molecule has 4 aromatic heterocycles. The first-order chi connectivity index (χ1) is 21.7. The van der Waals surface area contributed by atoms with Gasteiger partial charge in [0.1, 0.15) is 29.8 Å². The van der Waals surface area contributed by atoms with Crippen LogP contribution in [-0.2, 0) is 16.0 Å². The van der Waals surface area contributed by atoms with Crippen molar-refractivity contribution < 1.29 is 19.5 Å². The van der Waals surface area contributed by atoms with Crippen molar-refractivity contribution in [3.63, 3.8) is 0 Å². The molecule has 232 valence electrons. The fourth-order valence-electron chi connectivity index (χ4n) is 5.73. The number of rotatable bonds is 10. The number of amides is 4. The van der Waals surface area contributed by atoms with E-state index in [0.29, 0.717) is 52.7 Å². The number of nitrogens with zero attached hydrogens (tertiary/aromatic N) is 8. The number of nitrogens with one attached hydrogen (secondary N) is 2. The molecule has 7 rings (SSSR count). The number of hydrogen-bond acceptors (Lipinski definition) is 10. The first-order valence-corrected chi connectivity index (χ1v) is 15.1. The standard InChI is InChI=1S/C31H34N10O4/c1-16-6-8-32-28(33-16)20-11-21(20)30(44)38-26-12-25(36-24(37-26)7-9-42)34-17(2)22-14-40-13-19(18-4-5-18)10-23(29(40)35-22)41-15-27(43)39(3)31(41)45/h6,8,10,12-14,17-18,20-21,42H,4-5,7,9,11,15H2,1-3H3,(H2,34,36,37,38,44)/t17-,20?,21?/m1/s1. The third kappa shape index (κ3) is 5.68. The van der Waals surface area contributed by atoms with E-state index in [2.05, 4.69) is 30.6 Å². The van der Waals surface area contributed by atoms with Gasteiger partial charge in [-0.05, 0) is 56.7 Å². The summed E-state index contributed by atoms with van der Waals surface area (Å²) < 4.78 is 1.92. The Balaban J connectivity index is 1.12. The van der Waals surface area contributed by atoms with E-state index in [-0.39, 0.29) is 55.3 Å². The van der Waals surface area contributed by atoms with Crippen molar-refractivity contribution in [3.8, 4) is 0 Å². The van der Waals surface area contributed by atoms with E-state index in [1.165, 1.54) is 11.9 Å². The van der Waals surface area contributed by atoms with Crippen LogP contribution in [0.3, 0.4) is 0 Å². The summed E-state index contributed by atoms with van der Waals surface area (Å²) >= 11 is 0. The van der Waals surface area contributed by atoms with E-state index >= 15 is 0 Å². The number of fused-ring (bicyclic) bond motifs is 1. The van der Waals surface area contributed by atoms with Crippen LogP contribution in [-0.4, -0.2) is 77.4 Å². The second-order valence-electron chi connectivity index (χ2n) is 12.0. The number of carbonyl (C=O) groups excluding carboxylic acids is 3. The third-order valence-electron chi connectivity index (χ3n) is 8.54. The fourth-order valence-corrected chi connectivity index (χ4v) is 5.73. The maximum atomic E-state index is 13.1. The lowest BCUT2D eigenvalue weighted by Crippen LogP contribution is -2.30. The van der Waals surface area contributed by atoms with Crippen molar-refractivity contribution in [3.05, 3.63) is 65.4 Å². The van der Waals surface area contributed by atoms with Gasteiger partial charge in [-0.25, -0.2) is 29.7 Å². The van der Waals surface area contributed by atoms with Crippen LogP contribution in [0.1, 0.15) is 72.7 Å². The van der Waals surface area contributed by atoms with Crippen LogP contribution in [0.15, 0.2) is 36.8 Å². The van der Waals surface area contributed by atoms with E-state index in [1.54, 1.807) is 12.3 Å². The number of imide groups is 1. The average molecular weight is 611 g/mol. The van der Waals surface area contributed by atoms with Crippen molar-refractivity contribution in [2.75, 3.05) is 35.7 Å². The highest BCUT2D eigenvalue weighted by atomic mass is 16.3. The molecule has 0 aromatic carbocycles. The SMILES string of the molecule is Cc1ccnc(C2CC2C(=O)Nc2cc(N[C@H](C)c3cn4cc(C5CC5)cc(N5CC(=O)N(C)C5=O)c4n3)nc(CCO)n2)n1. The number of anilines is 3. The highest BCUT2D eigenvalue weighted by Crippen LogP contribution is 2.46. The molecule has 4 amide bonds. The van der Waals surface area contributed by atoms with Gasteiger partial charge in [-0.1, -0.05) is 0 Å². The van der Waals surface area contributed by atoms with Gasteiger partial charge in [-0.2, -0.15) is 0 Å². The minimum Gasteiger partial charge on any atom is -0.396 e. The number of likely N-dealkylation sites (N-methyl/N-ethyl adjacent to an activating group) is 1. The Morgan fingerprint density at radius 1 is 1.11 bits per heavy atom. The summed E-state index contributed by atoms with van der Waals surface area (Å²) in [6.07, 6.45) is 8.70. The summed E-state index contributed by atoms with van der Waals surface area (Å²) in [5.41, 5.74) is 3.84. The summed E-state index contributed by atoms with van der Waals surface area (Å²) in [7, 11) is 1.49. The molecule has 2 aliphatic carbocycles. The van der Waals surface area contributed by atoms with Crippen molar-refractivity contribution in [1.29, 1.82) is 0 Å². The van der Waals surface area contributed by atoms with Gasteiger partial charge in [0.05, 0.1) is 24.0 Å². The van der Waals surface area contributed by atoms with E-state index < -0.39 is 0 Å². The normalized spacial score (nSPS) is 20.2. The lowest BCUT2D eigenvalue weighted by molar-refractivity contribution is -0.124. The molecule has 14 heteroatoms. The minimum atomic E-state index is -0.374. The second-order valence-corrected chi connectivity index (χ2v) is 12.0. The Bertz CT molecular complexity index is 1840. The Morgan fingerprint density at radius 2 is 1.91 bits per heavy atom. The van der Waals surface area contributed by atoms with Gasteiger partial charge in [0.25, 0.3) is 0 Å². The number of aliphatic hydroxyl groups is 1. The molecule has 3 N–H and O–H groups in total. The molecule has 0 spiro atoms. The molecule has 5 heterocycles. The molecule has 1 saturated heterocycles. The molecule has 3 fully saturated rings. The van der Waals surface area contributed by atoms with Gasteiger partial charge in [0.2, 0.25) is 11.8 Å². The lowest BCUT2D eigenvalue weighted by atomic mass is 10.1. The zero-order chi connectivity index (χ0) is 31.4. The first-order valence-electron chi connectivity index (χ1n) is 15.1. The molecule has 3 atom stereocenters. The lowest BCUT2D eigenvalue weighted by Gasteiger charge is -2.17. The summed E-state index contributed by atoms with van der Waals surface area (Å²) in [6.45, 7) is 3.66. The molecule has 0 bridgehead atoms. The van der Waals surface area contributed by atoms with E-state index in [0.717, 1.165) is 29.0 Å². The summed E-state index contributed by atoms with van der Waals surface area (Å²) in [5, 5.41) is 15.8. The third-order valence-corrected chi connectivity index (χ3v) is 8.54. The number of urea groups is 1. The molecule has 4 aromatic rings. The summed E-state index contributed by atoms with van der Waals surface area (Å²) in [4.78, 5) is 63.6. The molecule has 2 unspecified atom stereocenters. The van der Waals surface area contributed by atoms with E-state index in [1.807, 2.05) is 42.8 Å². The van der Waals surface area contributed by atoms with Gasteiger partial charge < -0.3 is 20.1 Å². The Morgan fingerprint density at radius 3 is 2.62 bits per heavy atom. The average Bonchev–Trinajstić information content (AvgIpc) is 3.94. The molecule has 3 aliphatic rings. The van der Waals surface area contributed by atoms with Gasteiger partial charge in [-0.15, -0.1) is 0 Å². The van der Waals surface area contributed by atoms with Crippen LogP contribution in [0.5, 0.6) is 0 Å². The molecule has 1 aliphatic heterocycles. The largest absolute Gasteiger partial charge is 0.396 e. The topological polar surface area (TPSA) is 171 Å². The molecule has 0 radical (unpaired) electrons. The fraction of sp³-hybridized carbons (Fsp3) is 0.419. The molecule has 45 heavy (non-hydrogen) atoms. The summed E-state index contributed by atoms with van der Waals surface area (Å²) in [6, 6.07) is 4.76. The monoisotopic (exact) mass is 610 g/mol. The molecule has 2 saturated carbocycles. The molecular formula is C31H34N10O4. The zero-order valence-electron chi connectivity index (χ0n) is 25.3. The number of pyridine rings is 1. The van der Waals surface area contributed by atoms with Crippen LogP contribution < -0.4 is 15.5 Å². The quantitative estimate of drug-likeness (QED) is 0.227. The highest BCUT2D eigenvalue weighted by Gasteiger charge is 2.46. The maximum Gasteiger partial charge on any atom is 0.331 e. The molecule has 14 nitrogen and oxygen atoms in total. The predicted molar refractivity (Wildman–Crippen MR) is 164 cm³/mol. The van der Waals surface area contributed by atoms with Gasteiger partial charge >= 0.3 is 6.03 Å². The van der Waals surface area contributed by atoms with Crippen molar-refractivity contribution >= 4 is 40.8 Å². The van der Waals surface area contributed by atoms with Crippen molar-refractivity contribution in [2.45, 2.75) is 57.4 Å². The predicted octanol–water partition coefficient (Wildman–Crippen LogP) is 2.95. The Hall–Kier alpha value is -4.98. The van der Waals surface area contributed by atoms with Gasteiger partial charge in [0, 0.05) is 55.7 Å². The summed E-state index contributed by atoms with van der Waals surface area (Å²) in [5.74, 6) is 1.56. The first kappa shape index (κ1) is 28.8. The van der Waals surface area contributed by atoms with Crippen LogP contribution in [0, 0.1) is 12.8 Å². The smallest absolute Gasteiger partial charge is 0.331 e. The Labute approximate surface area is 258 Å². The van der Waals surface area contributed by atoms with E-state index in [4.69, 9.17) is 4.98 Å². The van der Waals surface area contributed by atoms with Crippen LogP contribution in [0.4, 0.5) is 22.1 Å². The van der Waals surface area contributed by atoms with Crippen LogP contribution in [0.25, 0.3) is 5.65 Å². The number of hydrogen-bond donors (Lipinski definition) is 3. The number of aromatic nitrogens is 6. The molecular weight excluding hydrogens is 576 g/mol. The number of carbonyl (C=O) groups is 3. The second kappa shape index (κ2) is 11.2. The number of aryl methyl sites for hydroxylation is 1. The number of imidazole rings is 1. The van der Waals surface area contributed by atoms with Crippen molar-refractivity contribution in [2.24, 2.45) is 5.92 Å². The Kier molecular flexibility index (Phi) is 7.15. The number of aliphatic hydroxyl groups excluding tert-OH is 1. The van der Waals surface area contributed by atoms with E-state index in [9.17, 15) is 19.5 Å². The van der Waals surface area contributed by atoms with Crippen LogP contribution >= 0.6 is 0 Å². The van der Waals surface area contributed by atoms with Crippen LogP contribution in [0.2, 0.25) is 0 Å². The highest BCUT2D eigenvalue weighted by molar-refractivity contribution is 6.13. The zero-order valence-corrected chi connectivity index (χ0v) is 25.3. The van der Waals surface area contributed by atoms with Crippen molar-refractivity contribution in [1.82, 2.24) is 34.2 Å².